The largest absolute Gasteiger partial charge is 0.493 e. The summed E-state index contributed by atoms with van der Waals surface area (Å²) >= 11 is 0. The van der Waals surface area contributed by atoms with E-state index in [1.54, 1.807) is 18.2 Å². The van der Waals surface area contributed by atoms with Crippen LogP contribution in [0.1, 0.15) is 22.8 Å². The van der Waals surface area contributed by atoms with Crippen molar-refractivity contribution in [3.63, 3.8) is 0 Å². The van der Waals surface area contributed by atoms with Gasteiger partial charge in [0.2, 0.25) is 0 Å². The maximum Gasteiger partial charge on any atom is 0.191 e. The third-order valence-corrected chi connectivity index (χ3v) is 5.70. The molecule has 0 atom stereocenters. The van der Waals surface area contributed by atoms with Gasteiger partial charge in [-0.2, -0.15) is 0 Å². The van der Waals surface area contributed by atoms with E-state index < -0.39 is 27.2 Å². The van der Waals surface area contributed by atoms with Crippen molar-refractivity contribution in [2.75, 3.05) is 19.5 Å². The zero-order chi connectivity index (χ0) is 18.9. The highest BCUT2D eigenvalue weighted by atomic mass is 32.2. The zero-order valence-corrected chi connectivity index (χ0v) is 15.1. The van der Waals surface area contributed by atoms with Crippen molar-refractivity contribution in [2.24, 2.45) is 0 Å². The summed E-state index contributed by atoms with van der Waals surface area (Å²) in [6, 6.07) is 8.16. The smallest absolute Gasteiger partial charge is 0.191 e. The monoisotopic (exact) mass is 376 g/mol. The lowest BCUT2D eigenvalue weighted by atomic mass is 10.0. The van der Waals surface area contributed by atoms with E-state index in [9.17, 15) is 17.6 Å². The first kappa shape index (κ1) is 18.1. The second kappa shape index (κ2) is 6.92. The molecule has 0 saturated carbocycles. The molecule has 0 aliphatic carbocycles. The van der Waals surface area contributed by atoms with E-state index in [-0.39, 0.29) is 16.0 Å². The Morgan fingerprint density at radius 1 is 1.15 bits per heavy atom. The van der Waals surface area contributed by atoms with Gasteiger partial charge in [-0.1, -0.05) is 6.07 Å². The summed E-state index contributed by atoms with van der Waals surface area (Å²) in [6.07, 6.45) is 1.48. The number of halogens is 1. The van der Waals surface area contributed by atoms with E-state index in [4.69, 9.17) is 9.47 Å². The molecule has 0 spiro atoms. The topological polar surface area (TPSA) is 69.7 Å². The van der Waals surface area contributed by atoms with Gasteiger partial charge in [-0.15, -0.1) is 0 Å². The number of fused-ring (bicyclic) bond motifs is 1. The minimum Gasteiger partial charge on any atom is -0.493 e. The molecular formula is C19H17FO5S. The quantitative estimate of drug-likeness (QED) is 0.605. The average molecular weight is 376 g/mol. The van der Waals surface area contributed by atoms with Gasteiger partial charge in [0.05, 0.1) is 24.4 Å². The van der Waals surface area contributed by atoms with Gasteiger partial charge in [0.1, 0.15) is 5.82 Å². The summed E-state index contributed by atoms with van der Waals surface area (Å²) in [6.45, 7) is 2.25. The number of carbonyl (C=O) groups is 1. The molecule has 0 saturated heterocycles. The predicted octanol–water partition coefficient (Wildman–Crippen LogP) is 3.29. The van der Waals surface area contributed by atoms with Gasteiger partial charge in [0.15, 0.2) is 27.1 Å². The van der Waals surface area contributed by atoms with Gasteiger partial charge in [0.25, 0.3) is 0 Å². The highest BCUT2D eigenvalue weighted by molar-refractivity contribution is 7.91. The molecule has 0 bridgehead atoms. The van der Waals surface area contributed by atoms with Crippen molar-refractivity contribution < 1.29 is 27.1 Å². The minimum absolute atomic E-state index is 0.0794. The van der Waals surface area contributed by atoms with Crippen LogP contribution in [-0.2, 0) is 9.84 Å². The summed E-state index contributed by atoms with van der Waals surface area (Å²) in [5, 5.41) is 0. The number of carbonyl (C=O) groups excluding carboxylic acids is 1. The number of Topliss-reactive ketones (excluding diaryl/α,β-unsaturated/α-hetero) is 1. The molecule has 0 radical (unpaired) electrons. The second-order valence-corrected chi connectivity index (χ2v) is 7.70. The first-order chi connectivity index (χ1) is 12.4. The molecule has 1 aliphatic rings. The summed E-state index contributed by atoms with van der Waals surface area (Å²) in [7, 11) is -2.19. The third kappa shape index (κ3) is 3.35. The first-order valence-corrected chi connectivity index (χ1v) is 9.59. The van der Waals surface area contributed by atoms with Crippen molar-refractivity contribution in [2.45, 2.75) is 11.8 Å². The van der Waals surface area contributed by atoms with E-state index in [1.807, 2.05) is 6.92 Å². The molecule has 0 amide bonds. The third-order valence-electron chi connectivity index (χ3n) is 3.99. The molecule has 0 fully saturated rings. The standard InChI is InChI=1S/C19H17FO5S/c1-3-25-17-9-12(4-6-16(17)24-2)8-13-11-26(22,23)18-7-5-14(20)10-15(18)19(13)21/h4-10H,3,11H2,1-2H3/b13-8+. The van der Waals surface area contributed by atoms with Gasteiger partial charge >= 0.3 is 0 Å². The summed E-state index contributed by atoms with van der Waals surface area (Å²) in [4.78, 5) is 12.5. The number of rotatable bonds is 4. The van der Waals surface area contributed by atoms with Crippen LogP contribution >= 0.6 is 0 Å². The normalized spacial score (nSPS) is 17.0. The van der Waals surface area contributed by atoms with Gasteiger partial charge < -0.3 is 9.47 Å². The number of hydrogen-bond acceptors (Lipinski definition) is 5. The lowest BCUT2D eigenvalue weighted by Gasteiger charge is -2.18. The van der Waals surface area contributed by atoms with Crippen LogP contribution in [0.4, 0.5) is 4.39 Å². The van der Waals surface area contributed by atoms with Crippen LogP contribution in [0.25, 0.3) is 6.08 Å². The summed E-state index contributed by atoms with van der Waals surface area (Å²) in [5.41, 5.74) is 0.532. The Hall–Kier alpha value is -2.67. The molecule has 26 heavy (non-hydrogen) atoms. The van der Waals surface area contributed by atoms with Crippen molar-refractivity contribution in [3.05, 3.63) is 58.9 Å². The van der Waals surface area contributed by atoms with Gasteiger partial charge in [-0.05, 0) is 48.9 Å². The summed E-state index contributed by atoms with van der Waals surface area (Å²) in [5.74, 6) is -0.564. The molecule has 0 aromatic heterocycles. The van der Waals surface area contributed by atoms with Crippen LogP contribution in [0.15, 0.2) is 46.9 Å². The SMILES string of the molecule is CCOc1cc(/C=C2\CS(=O)(=O)c3ccc(F)cc3C2=O)ccc1OC. The van der Waals surface area contributed by atoms with E-state index in [1.165, 1.54) is 13.2 Å². The number of benzene rings is 2. The second-order valence-electron chi connectivity index (χ2n) is 5.74. The molecular weight excluding hydrogens is 359 g/mol. The zero-order valence-electron chi connectivity index (χ0n) is 14.3. The Morgan fingerprint density at radius 3 is 2.62 bits per heavy atom. The number of ketones is 1. The number of methoxy groups -OCH3 is 1. The lowest BCUT2D eigenvalue weighted by molar-refractivity contribution is 0.103. The molecule has 0 unspecified atom stereocenters. The fraction of sp³-hybridized carbons (Fsp3) is 0.211. The number of sulfone groups is 1. The van der Waals surface area contributed by atoms with E-state index in [2.05, 4.69) is 0 Å². The molecule has 7 heteroatoms. The van der Waals surface area contributed by atoms with Crippen molar-refractivity contribution in [3.8, 4) is 11.5 Å². The highest BCUT2D eigenvalue weighted by Crippen LogP contribution is 2.32. The maximum atomic E-state index is 13.5. The van der Waals surface area contributed by atoms with Gasteiger partial charge in [-0.25, -0.2) is 12.8 Å². The number of hydrogen-bond donors (Lipinski definition) is 0. The van der Waals surface area contributed by atoms with Crippen LogP contribution in [0.5, 0.6) is 11.5 Å². The minimum atomic E-state index is -3.71. The number of ether oxygens (including phenoxy) is 2. The van der Waals surface area contributed by atoms with Gasteiger partial charge in [-0.3, -0.25) is 4.79 Å². The molecule has 5 nitrogen and oxygen atoms in total. The molecule has 1 heterocycles. The van der Waals surface area contributed by atoms with Crippen LogP contribution in [0.3, 0.4) is 0 Å². The molecule has 0 N–H and O–H groups in total. The van der Waals surface area contributed by atoms with Crippen molar-refractivity contribution in [1.82, 2.24) is 0 Å². The van der Waals surface area contributed by atoms with E-state index in [0.29, 0.717) is 23.7 Å². The molecule has 1 aliphatic heterocycles. The van der Waals surface area contributed by atoms with E-state index in [0.717, 1.165) is 18.2 Å². The van der Waals surface area contributed by atoms with Crippen molar-refractivity contribution >= 4 is 21.7 Å². The van der Waals surface area contributed by atoms with Crippen LogP contribution in [0, 0.1) is 5.82 Å². The molecule has 136 valence electrons. The van der Waals surface area contributed by atoms with Crippen LogP contribution < -0.4 is 9.47 Å². The lowest BCUT2D eigenvalue weighted by Crippen LogP contribution is -2.24. The Balaban J connectivity index is 2.07. The van der Waals surface area contributed by atoms with Crippen molar-refractivity contribution in [1.29, 1.82) is 0 Å². The highest BCUT2D eigenvalue weighted by Gasteiger charge is 2.33. The molecule has 3 rings (SSSR count). The van der Waals surface area contributed by atoms with Crippen LogP contribution in [-0.4, -0.2) is 33.7 Å². The van der Waals surface area contributed by atoms with Crippen LogP contribution in [0.2, 0.25) is 0 Å². The summed E-state index contributed by atoms with van der Waals surface area (Å²) < 4.78 is 49.1. The Morgan fingerprint density at radius 2 is 1.92 bits per heavy atom. The molecule has 2 aromatic rings. The first-order valence-electron chi connectivity index (χ1n) is 7.94. The fourth-order valence-electron chi connectivity index (χ4n) is 2.83. The Labute approximate surface area is 151 Å². The fourth-order valence-corrected chi connectivity index (χ4v) is 4.37. The Kier molecular flexibility index (Phi) is 4.82. The maximum absolute atomic E-state index is 13.5. The van der Waals surface area contributed by atoms with Gasteiger partial charge in [0, 0.05) is 11.1 Å². The average Bonchev–Trinajstić information content (AvgIpc) is 2.59. The Bertz CT molecular complexity index is 1010. The molecule has 2 aromatic carbocycles. The van der Waals surface area contributed by atoms with E-state index >= 15 is 0 Å². The predicted molar refractivity (Wildman–Crippen MR) is 94.9 cm³/mol.